The second-order valence-electron chi connectivity index (χ2n) is 7.42. The van der Waals surface area contributed by atoms with E-state index in [1.165, 1.54) is 6.07 Å². The summed E-state index contributed by atoms with van der Waals surface area (Å²) in [5.74, 6) is 1.33. The molecule has 136 valence electrons. The molecule has 0 saturated carbocycles. The number of aromatic nitrogens is 2. The van der Waals surface area contributed by atoms with Crippen LogP contribution in [-0.2, 0) is 4.79 Å². The van der Waals surface area contributed by atoms with Gasteiger partial charge < -0.3 is 9.80 Å². The summed E-state index contributed by atoms with van der Waals surface area (Å²) in [6.45, 7) is 7.87. The van der Waals surface area contributed by atoms with Crippen molar-refractivity contribution in [1.82, 2.24) is 14.9 Å². The molecule has 6 heteroatoms. The molecule has 1 aromatic heterocycles. The number of carbonyl (C=O) groups is 1. The van der Waals surface area contributed by atoms with Gasteiger partial charge in [-0.05, 0) is 31.5 Å². The number of carbonyl (C=O) groups excluding carboxylic acids is 1. The maximum Gasteiger partial charge on any atom is 0.219 e. The van der Waals surface area contributed by atoms with E-state index in [0.717, 1.165) is 35.9 Å². The van der Waals surface area contributed by atoms with Crippen LogP contribution in [-0.4, -0.2) is 40.4 Å². The molecule has 2 aliphatic rings. The molecule has 0 spiro atoms. The average Bonchev–Trinajstić information content (AvgIpc) is 3.14. The maximum atomic E-state index is 13.8. The van der Waals surface area contributed by atoms with Crippen LogP contribution in [0.15, 0.2) is 30.5 Å². The van der Waals surface area contributed by atoms with Gasteiger partial charge in [-0.25, -0.2) is 9.37 Å². The lowest BCUT2D eigenvalue weighted by Gasteiger charge is -2.29. The number of fused-ring (bicyclic) bond motifs is 1. The number of anilines is 1. The molecule has 2 fully saturated rings. The third-order valence-electron chi connectivity index (χ3n) is 5.61. The van der Waals surface area contributed by atoms with Crippen molar-refractivity contribution in [2.45, 2.75) is 26.8 Å². The lowest BCUT2D eigenvalue weighted by Crippen LogP contribution is -2.34. The van der Waals surface area contributed by atoms with E-state index in [1.54, 1.807) is 25.3 Å². The molecule has 2 saturated heterocycles. The van der Waals surface area contributed by atoms with Crippen LogP contribution in [0, 0.1) is 31.5 Å². The van der Waals surface area contributed by atoms with E-state index in [1.807, 2.05) is 24.8 Å². The molecular formula is C20H23FN4O. The summed E-state index contributed by atoms with van der Waals surface area (Å²) in [5.41, 5.74) is 2.69. The molecule has 5 nitrogen and oxygen atoms in total. The van der Waals surface area contributed by atoms with Gasteiger partial charge in [-0.2, -0.15) is 0 Å². The van der Waals surface area contributed by atoms with Crippen LogP contribution in [0.2, 0.25) is 0 Å². The summed E-state index contributed by atoms with van der Waals surface area (Å²) < 4.78 is 13.8. The van der Waals surface area contributed by atoms with Gasteiger partial charge in [0.15, 0.2) is 0 Å². The molecule has 0 unspecified atom stereocenters. The van der Waals surface area contributed by atoms with Crippen LogP contribution in [0.4, 0.5) is 10.2 Å². The number of nitrogens with zero attached hydrogens (tertiary/aromatic N) is 4. The van der Waals surface area contributed by atoms with Crippen LogP contribution >= 0.6 is 0 Å². The van der Waals surface area contributed by atoms with Crippen molar-refractivity contribution in [2.24, 2.45) is 11.8 Å². The molecule has 0 aliphatic carbocycles. The van der Waals surface area contributed by atoms with Gasteiger partial charge in [-0.3, -0.25) is 9.78 Å². The summed E-state index contributed by atoms with van der Waals surface area (Å²) in [7, 11) is 0. The number of rotatable bonds is 2. The molecule has 3 heterocycles. The van der Waals surface area contributed by atoms with Crippen molar-refractivity contribution in [1.29, 1.82) is 0 Å². The second-order valence-corrected chi connectivity index (χ2v) is 7.42. The molecular weight excluding hydrogens is 331 g/mol. The third-order valence-corrected chi connectivity index (χ3v) is 5.61. The summed E-state index contributed by atoms with van der Waals surface area (Å²) in [6, 6.07) is 6.56. The first-order valence-corrected chi connectivity index (χ1v) is 9.02. The highest BCUT2D eigenvalue weighted by atomic mass is 19.1. The average molecular weight is 354 g/mol. The Kier molecular flexibility index (Phi) is 4.13. The lowest BCUT2D eigenvalue weighted by atomic mass is 9.89. The number of aryl methyl sites for hydroxylation is 2. The fourth-order valence-corrected chi connectivity index (χ4v) is 4.48. The first-order valence-electron chi connectivity index (χ1n) is 9.02. The Balaban J connectivity index is 1.66. The number of hydrogen-bond acceptors (Lipinski definition) is 4. The van der Waals surface area contributed by atoms with Crippen LogP contribution < -0.4 is 4.90 Å². The minimum atomic E-state index is -0.260. The van der Waals surface area contributed by atoms with Crippen LogP contribution in [0.25, 0.3) is 0 Å². The van der Waals surface area contributed by atoms with Gasteiger partial charge in [0, 0.05) is 44.6 Å². The topological polar surface area (TPSA) is 49.3 Å². The third kappa shape index (κ3) is 2.83. The predicted octanol–water partition coefficient (Wildman–Crippen LogP) is 2.89. The molecule has 0 bridgehead atoms. The normalized spacial score (nSPS) is 24.8. The van der Waals surface area contributed by atoms with Crippen LogP contribution in [0.1, 0.15) is 29.9 Å². The lowest BCUT2D eigenvalue weighted by molar-refractivity contribution is -0.130. The Hall–Kier alpha value is -2.50. The van der Waals surface area contributed by atoms with Gasteiger partial charge in [0.25, 0.3) is 0 Å². The highest BCUT2D eigenvalue weighted by molar-refractivity contribution is 5.74. The Labute approximate surface area is 152 Å². The standard InChI is InChI=1S/C20H23FN4O/c1-12-8-22-13(2)20(23-12)24-9-16-10-25(14(3)26)19(18(16)11-24)15-5-4-6-17(21)7-15/h4-8,16,18-19H,9-11H2,1-3H3/t16-,18-,19+/m1/s1. The van der Waals surface area contributed by atoms with Crippen molar-refractivity contribution < 1.29 is 9.18 Å². The van der Waals surface area contributed by atoms with E-state index in [9.17, 15) is 9.18 Å². The molecule has 1 amide bonds. The zero-order valence-electron chi connectivity index (χ0n) is 15.3. The Bertz CT molecular complexity index is 855. The molecule has 0 N–H and O–H groups in total. The summed E-state index contributed by atoms with van der Waals surface area (Å²) in [4.78, 5) is 25.5. The largest absolute Gasteiger partial charge is 0.354 e. The Morgan fingerprint density at radius 3 is 2.77 bits per heavy atom. The Morgan fingerprint density at radius 2 is 2.04 bits per heavy atom. The van der Waals surface area contributed by atoms with E-state index in [0.29, 0.717) is 12.5 Å². The Morgan fingerprint density at radius 1 is 1.23 bits per heavy atom. The minimum Gasteiger partial charge on any atom is -0.354 e. The van der Waals surface area contributed by atoms with E-state index < -0.39 is 0 Å². The number of likely N-dealkylation sites (tertiary alicyclic amines) is 1. The monoisotopic (exact) mass is 354 g/mol. The number of halogens is 1. The molecule has 2 aliphatic heterocycles. The number of benzene rings is 1. The zero-order valence-corrected chi connectivity index (χ0v) is 15.3. The minimum absolute atomic E-state index is 0.0479. The van der Waals surface area contributed by atoms with Gasteiger partial charge in [0.2, 0.25) is 5.91 Å². The van der Waals surface area contributed by atoms with Crippen molar-refractivity contribution in [2.75, 3.05) is 24.5 Å². The predicted molar refractivity (Wildman–Crippen MR) is 97.2 cm³/mol. The first-order chi connectivity index (χ1) is 12.4. The SMILES string of the molecule is CC(=O)N1C[C@H]2CN(c3nc(C)cnc3C)C[C@H]2[C@@H]1c1cccc(F)c1. The molecule has 0 radical (unpaired) electrons. The quantitative estimate of drug-likeness (QED) is 0.832. The molecule has 2 aromatic rings. The van der Waals surface area contributed by atoms with Gasteiger partial charge >= 0.3 is 0 Å². The van der Waals surface area contributed by atoms with Crippen molar-refractivity contribution in [3.05, 3.63) is 53.2 Å². The summed E-state index contributed by atoms with van der Waals surface area (Å²) in [6.07, 6.45) is 1.78. The zero-order chi connectivity index (χ0) is 18.4. The van der Waals surface area contributed by atoms with Gasteiger partial charge in [-0.1, -0.05) is 12.1 Å². The summed E-state index contributed by atoms with van der Waals surface area (Å²) in [5, 5.41) is 0. The molecule has 3 atom stereocenters. The van der Waals surface area contributed by atoms with E-state index in [4.69, 9.17) is 0 Å². The number of hydrogen-bond donors (Lipinski definition) is 0. The fourth-order valence-electron chi connectivity index (χ4n) is 4.48. The molecule has 1 aromatic carbocycles. The first kappa shape index (κ1) is 16.9. The molecule has 26 heavy (non-hydrogen) atoms. The smallest absolute Gasteiger partial charge is 0.219 e. The van der Waals surface area contributed by atoms with E-state index >= 15 is 0 Å². The van der Waals surface area contributed by atoms with Gasteiger partial charge in [0.05, 0.1) is 17.4 Å². The summed E-state index contributed by atoms with van der Waals surface area (Å²) >= 11 is 0. The van der Waals surface area contributed by atoms with Crippen LogP contribution in [0.3, 0.4) is 0 Å². The highest BCUT2D eigenvalue weighted by Crippen LogP contribution is 2.46. The number of amides is 1. The van der Waals surface area contributed by atoms with Crippen molar-refractivity contribution in [3.63, 3.8) is 0 Å². The van der Waals surface area contributed by atoms with E-state index in [2.05, 4.69) is 14.9 Å². The highest BCUT2D eigenvalue weighted by Gasteiger charge is 2.49. The van der Waals surface area contributed by atoms with Gasteiger partial charge in [-0.15, -0.1) is 0 Å². The second kappa shape index (κ2) is 6.34. The maximum absolute atomic E-state index is 13.8. The van der Waals surface area contributed by atoms with Gasteiger partial charge in [0.1, 0.15) is 11.6 Å². The van der Waals surface area contributed by atoms with Crippen molar-refractivity contribution >= 4 is 11.7 Å². The van der Waals surface area contributed by atoms with Crippen molar-refractivity contribution in [3.8, 4) is 0 Å². The fraction of sp³-hybridized carbons (Fsp3) is 0.450. The van der Waals surface area contributed by atoms with Crippen LogP contribution in [0.5, 0.6) is 0 Å². The molecule has 4 rings (SSSR count). The van der Waals surface area contributed by atoms with E-state index in [-0.39, 0.29) is 23.7 Å².